The number of rotatable bonds is 5. The molecule has 0 saturated carbocycles. The average molecular weight is 289 g/mol. The van der Waals surface area contributed by atoms with Crippen molar-refractivity contribution in [3.05, 3.63) is 35.7 Å². The summed E-state index contributed by atoms with van der Waals surface area (Å²) in [4.78, 5) is 19.0. The third kappa shape index (κ3) is 3.19. The van der Waals surface area contributed by atoms with Crippen molar-refractivity contribution in [2.75, 3.05) is 19.5 Å². The van der Waals surface area contributed by atoms with Crippen LogP contribution < -0.4 is 14.8 Å². The van der Waals surface area contributed by atoms with Crippen molar-refractivity contribution in [1.82, 2.24) is 9.97 Å². The topological polar surface area (TPSA) is 93.6 Å². The van der Waals surface area contributed by atoms with E-state index in [0.29, 0.717) is 28.8 Å². The number of ether oxygens (including phenoxy) is 2. The molecular formula is C14H15N3O4. The number of aromatic nitrogens is 2. The zero-order chi connectivity index (χ0) is 15.4. The summed E-state index contributed by atoms with van der Waals surface area (Å²) in [6.07, 6.45) is 1.27. The van der Waals surface area contributed by atoms with Crippen molar-refractivity contribution < 1.29 is 19.4 Å². The number of aryl methyl sites for hydroxylation is 1. The molecule has 7 nitrogen and oxygen atoms in total. The van der Waals surface area contributed by atoms with Gasteiger partial charge in [-0.1, -0.05) is 0 Å². The minimum Gasteiger partial charge on any atom is -0.497 e. The molecule has 0 fully saturated rings. The number of hydrogen-bond donors (Lipinski definition) is 2. The molecule has 2 N–H and O–H groups in total. The molecule has 0 amide bonds. The van der Waals surface area contributed by atoms with Crippen LogP contribution in [0, 0.1) is 6.92 Å². The smallest absolute Gasteiger partial charge is 0.339 e. The van der Waals surface area contributed by atoms with Crippen molar-refractivity contribution in [2.45, 2.75) is 6.92 Å². The van der Waals surface area contributed by atoms with Gasteiger partial charge in [-0.05, 0) is 19.1 Å². The van der Waals surface area contributed by atoms with Crippen LogP contribution in [-0.2, 0) is 0 Å². The van der Waals surface area contributed by atoms with Crippen LogP contribution in [0.4, 0.5) is 11.6 Å². The highest BCUT2D eigenvalue weighted by Gasteiger charge is 2.11. The van der Waals surface area contributed by atoms with Gasteiger partial charge in [0.25, 0.3) is 0 Å². The molecule has 0 unspecified atom stereocenters. The van der Waals surface area contributed by atoms with Gasteiger partial charge in [-0.3, -0.25) is 0 Å². The molecule has 0 spiro atoms. The van der Waals surface area contributed by atoms with Gasteiger partial charge in [0.15, 0.2) is 0 Å². The molecule has 0 atom stereocenters. The van der Waals surface area contributed by atoms with Gasteiger partial charge in [-0.25, -0.2) is 14.8 Å². The Morgan fingerprint density at radius 2 is 2.05 bits per heavy atom. The van der Waals surface area contributed by atoms with Crippen molar-refractivity contribution >= 4 is 17.6 Å². The number of nitrogens with one attached hydrogen (secondary N) is 1. The molecule has 0 saturated heterocycles. The lowest BCUT2D eigenvalue weighted by Gasteiger charge is -2.12. The van der Waals surface area contributed by atoms with E-state index in [2.05, 4.69) is 15.3 Å². The second-order valence-corrected chi connectivity index (χ2v) is 4.19. The van der Waals surface area contributed by atoms with Gasteiger partial charge < -0.3 is 19.9 Å². The zero-order valence-electron chi connectivity index (χ0n) is 11.9. The summed E-state index contributed by atoms with van der Waals surface area (Å²) >= 11 is 0. The number of anilines is 2. The molecule has 0 bridgehead atoms. The molecule has 2 rings (SSSR count). The first-order valence-corrected chi connectivity index (χ1v) is 6.11. The number of carboxylic acid groups (broad SMARTS) is 1. The SMILES string of the molecule is COc1ccc(Nc2ncc(C(=O)O)c(C)n2)c(OC)c1. The van der Waals surface area contributed by atoms with Gasteiger partial charge in [-0.2, -0.15) is 0 Å². The lowest BCUT2D eigenvalue weighted by Crippen LogP contribution is -2.06. The first-order chi connectivity index (χ1) is 10.0. The summed E-state index contributed by atoms with van der Waals surface area (Å²) in [7, 11) is 3.11. The second kappa shape index (κ2) is 6.08. The van der Waals surface area contributed by atoms with Crippen LogP contribution in [0.25, 0.3) is 0 Å². The molecule has 0 radical (unpaired) electrons. The summed E-state index contributed by atoms with van der Waals surface area (Å²) < 4.78 is 10.4. The largest absolute Gasteiger partial charge is 0.497 e. The third-order valence-electron chi connectivity index (χ3n) is 2.86. The van der Waals surface area contributed by atoms with Crippen LogP contribution in [0.5, 0.6) is 11.5 Å². The van der Waals surface area contributed by atoms with E-state index >= 15 is 0 Å². The van der Waals surface area contributed by atoms with Crippen molar-refractivity contribution in [1.29, 1.82) is 0 Å². The second-order valence-electron chi connectivity index (χ2n) is 4.19. The van der Waals surface area contributed by atoms with Gasteiger partial charge >= 0.3 is 5.97 Å². The van der Waals surface area contributed by atoms with Crippen molar-refractivity contribution in [3.8, 4) is 11.5 Å². The summed E-state index contributed by atoms with van der Waals surface area (Å²) in [6.45, 7) is 1.61. The van der Waals surface area contributed by atoms with Crippen molar-refractivity contribution in [3.63, 3.8) is 0 Å². The summed E-state index contributed by atoms with van der Waals surface area (Å²) in [6, 6.07) is 5.26. The lowest BCUT2D eigenvalue weighted by atomic mass is 10.2. The number of benzene rings is 1. The Kier molecular flexibility index (Phi) is 4.22. The van der Waals surface area contributed by atoms with E-state index < -0.39 is 5.97 Å². The first-order valence-electron chi connectivity index (χ1n) is 6.11. The minimum atomic E-state index is -1.05. The molecule has 1 heterocycles. The molecule has 0 aliphatic heterocycles. The van der Waals surface area contributed by atoms with E-state index in [-0.39, 0.29) is 5.56 Å². The van der Waals surface area contributed by atoms with E-state index in [0.717, 1.165) is 0 Å². The summed E-state index contributed by atoms with van der Waals surface area (Å²) in [5.41, 5.74) is 1.11. The van der Waals surface area contributed by atoms with E-state index in [1.54, 1.807) is 39.3 Å². The highest BCUT2D eigenvalue weighted by atomic mass is 16.5. The van der Waals surface area contributed by atoms with Crippen LogP contribution in [0.2, 0.25) is 0 Å². The fourth-order valence-corrected chi connectivity index (χ4v) is 1.76. The summed E-state index contributed by atoms with van der Waals surface area (Å²) in [5.74, 6) is 0.468. The molecule has 0 aliphatic carbocycles. The maximum Gasteiger partial charge on any atom is 0.339 e. The van der Waals surface area contributed by atoms with Gasteiger partial charge in [0, 0.05) is 12.3 Å². The van der Waals surface area contributed by atoms with E-state index in [1.165, 1.54) is 6.20 Å². The molecule has 1 aromatic carbocycles. The first kappa shape index (κ1) is 14.6. The van der Waals surface area contributed by atoms with Crippen molar-refractivity contribution in [2.24, 2.45) is 0 Å². The highest BCUT2D eigenvalue weighted by molar-refractivity contribution is 5.88. The standard InChI is InChI=1S/C14H15N3O4/c1-8-10(13(18)19)7-15-14(16-8)17-11-5-4-9(20-2)6-12(11)21-3/h4-7H,1-3H3,(H,18,19)(H,15,16,17). The summed E-state index contributed by atoms with van der Waals surface area (Å²) in [5, 5.41) is 11.9. The Morgan fingerprint density at radius 1 is 1.29 bits per heavy atom. The Labute approximate surface area is 121 Å². The highest BCUT2D eigenvalue weighted by Crippen LogP contribution is 2.30. The number of methoxy groups -OCH3 is 2. The predicted molar refractivity (Wildman–Crippen MR) is 76.6 cm³/mol. The third-order valence-corrected chi connectivity index (χ3v) is 2.86. The molecular weight excluding hydrogens is 274 g/mol. The number of carbonyl (C=O) groups is 1. The van der Waals surface area contributed by atoms with Crippen LogP contribution in [-0.4, -0.2) is 35.3 Å². The molecule has 0 aliphatic rings. The Hall–Kier alpha value is -2.83. The minimum absolute atomic E-state index is 0.0715. The normalized spacial score (nSPS) is 10.0. The van der Waals surface area contributed by atoms with Gasteiger partial charge in [0.05, 0.1) is 31.2 Å². The molecule has 7 heteroatoms. The van der Waals surface area contributed by atoms with E-state index in [4.69, 9.17) is 14.6 Å². The zero-order valence-corrected chi connectivity index (χ0v) is 11.9. The van der Waals surface area contributed by atoms with E-state index in [1.807, 2.05) is 0 Å². The Bertz CT molecular complexity index is 673. The lowest BCUT2D eigenvalue weighted by molar-refractivity contribution is 0.0695. The number of nitrogens with zero attached hydrogens (tertiary/aromatic N) is 2. The van der Waals surface area contributed by atoms with Crippen LogP contribution >= 0.6 is 0 Å². The monoisotopic (exact) mass is 289 g/mol. The fourth-order valence-electron chi connectivity index (χ4n) is 1.76. The maximum atomic E-state index is 10.9. The Balaban J connectivity index is 2.30. The molecule has 21 heavy (non-hydrogen) atoms. The Morgan fingerprint density at radius 3 is 2.62 bits per heavy atom. The van der Waals surface area contributed by atoms with Crippen LogP contribution in [0.15, 0.2) is 24.4 Å². The molecule has 1 aromatic heterocycles. The van der Waals surface area contributed by atoms with Gasteiger partial charge in [0.2, 0.25) is 5.95 Å². The quantitative estimate of drug-likeness (QED) is 0.871. The molecule has 110 valence electrons. The average Bonchev–Trinajstić information content (AvgIpc) is 2.47. The van der Waals surface area contributed by atoms with Gasteiger partial charge in [-0.15, -0.1) is 0 Å². The van der Waals surface area contributed by atoms with Gasteiger partial charge in [0.1, 0.15) is 11.5 Å². The maximum absolute atomic E-state index is 10.9. The predicted octanol–water partition coefficient (Wildman–Crippen LogP) is 2.24. The van der Waals surface area contributed by atoms with Crippen LogP contribution in [0.1, 0.15) is 16.1 Å². The molecule has 2 aromatic rings. The van der Waals surface area contributed by atoms with Crippen LogP contribution in [0.3, 0.4) is 0 Å². The van der Waals surface area contributed by atoms with E-state index in [9.17, 15) is 4.79 Å². The number of carboxylic acids is 1. The number of hydrogen-bond acceptors (Lipinski definition) is 6. The number of aromatic carboxylic acids is 1. The fraction of sp³-hybridized carbons (Fsp3) is 0.214.